The molecule has 1 amide bonds. The van der Waals surface area contributed by atoms with Crippen LogP contribution in [-0.4, -0.2) is 48.0 Å². The van der Waals surface area contributed by atoms with Crippen molar-refractivity contribution in [2.45, 2.75) is 52.2 Å². The molecule has 0 spiro atoms. The lowest BCUT2D eigenvalue weighted by Gasteiger charge is -2.30. The van der Waals surface area contributed by atoms with Crippen LogP contribution in [0.25, 0.3) is 0 Å². The van der Waals surface area contributed by atoms with Gasteiger partial charge < -0.3 is 14.4 Å². The standard InChI is InChI=1S/C19H26FNO5/c1-6-25-17(23)12-16(22)15(11-13-7-9-14(20)10-8-13)21(5)18(24)26-19(2,3)4/h7-10,15H,6,11-12H2,1-5H3/t15-/m0/s1. The third-order valence-electron chi connectivity index (χ3n) is 3.49. The second-order valence-electron chi connectivity index (χ2n) is 6.89. The van der Waals surface area contributed by atoms with E-state index in [-0.39, 0.29) is 13.0 Å². The van der Waals surface area contributed by atoms with Crippen LogP contribution in [0.2, 0.25) is 0 Å². The minimum atomic E-state index is -0.931. The number of carbonyl (C=O) groups is 3. The lowest BCUT2D eigenvalue weighted by molar-refractivity contribution is -0.146. The van der Waals surface area contributed by atoms with Crippen molar-refractivity contribution < 1.29 is 28.2 Å². The van der Waals surface area contributed by atoms with Crippen LogP contribution in [0.15, 0.2) is 24.3 Å². The summed E-state index contributed by atoms with van der Waals surface area (Å²) in [6, 6.07) is 4.68. The molecular weight excluding hydrogens is 341 g/mol. The zero-order valence-electron chi connectivity index (χ0n) is 15.9. The van der Waals surface area contributed by atoms with Crippen LogP contribution >= 0.6 is 0 Å². The molecule has 1 atom stereocenters. The largest absolute Gasteiger partial charge is 0.466 e. The number of hydrogen-bond donors (Lipinski definition) is 0. The predicted octanol–water partition coefficient (Wildman–Crippen LogP) is 3.13. The molecule has 0 heterocycles. The lowest BCUT2D eigenvalue weighted by Crippen LogP contribution is -2.46. The van der Waals surface area contributed by atoms with Gasteiger partial charge in [0.1, 0.15) is 17.8 Å². The smallest absolute Gasteiger partial charge is 0.410 e. The first-order valence-corrected chi connectivity index (χ1v) is 8.42. The molecule has 1 rings (SSSR count). The Balaban J connectivity index is 2.99. The third-order valence-corrected chi connectivity index (χ3v) is 3.49. The molecule has 0 saturated heterocycles. The number of halogens is 1. The first-order chi connectivity index (χ1) is 12.0. The fourth-order valence-electron chi connectivity index (χ4n) is 2.24. The Bertz CT molecular complexity index is 636. The molecule has 0 aliphatic rings. The molecule has 0 bridgehead atoms. The van der Waals surface area contributed by atoms with Gasteiger partial charge in [-0.2, -0.15) is 0 Å². The molecule has 0 radical (unpaired) electrons. The van der Waals surface area contributed by atoms with E-state index in [1.54, 1.807) is 27.7 Å². The number of likely N-dealkylation sites (N-methyl/N-ethyl adjacent to an activating group) is 1. The fourth-order valence-corrected chi connectivity index (χ4v) is 2.24. The van der Waals surface area contributed by atoms with E-state index in [1.807, 2.05) is 0 Å². The van der Waals surface area contributed by atoms with Gasteiger partial charge in [0.2, 0.25) is 0 Å². The molecule has 0 N–H and O–H groups in total. The van der Waals surface area contributed by atoms with Crippen molar-refractivity contribution in [2.75, 3.05) is 13.7 Å². The molecule has 0 aliphatic carbocycles. The number of nitrogens with zero attached hydrogens (tertiary/aromatic N) is 1. The summed E-state index contributed by atoms with van der Waals surface area (Å²) in [7, 11) is 1.44. The Labute approximate surface area is 153 Å². The molecule has 7 heteroatoms. The monoisotopic (exact) mass is 367 g/mol. The van der Waals surface area contributed by atoms with Crippen molar-refractivity contribution in [3.05, 3.63) is 35.6 Å². The summed E-state index contributed by atoms with van der Waals surface area (Å²) < 4.78 is 23.2. The van der Waals surface area contributed by atoms with Crippen LogP contribution in [0.1, 0.15) is 39.7 Å². The van der Waals surface area contributed by atoms with Gasteiger partial charge in [-0.1, -0.05) is 12.1 Å². The van der Waals surface area contributed by atoms with Gasteiger partial charge >= 0.3 is 12.1 Å². The van der Waals surface area contributed by atoms with Crippen molar-refractivity contribution in [1.82, 2.24) is 4.90 Å². The Morgan fingerprint density at radius 1 is 1.15 bits per heavy atom. The molecule has 0 fully saturated rings. The lowest BCUT2D eigenvalue weighted by atomic mass is 9.99. The topological polar surface area (TPSA) is 72.9 Å². The number of benzene rings is 1. The van der Waals surface area contributed by atoms with Gasteiger partial charge in [0.05, 0.1) is 12.6 Å². The SMILES string of the molecule is CCOC(=O)CC(=O)[C@H](Cc1ccc(F)cc1)N(C)C(=O)OC(C)(C)C. The van der Waals surface area contributed by atoms with E-state index in [9.17, 15) is 18.8 Å². The van der Waals surface area contributed by atoms with Crippen molar-refractivity contribution in [1.29, 1.82) is 0 Å². The molecule has 1 aromatic carbocycles. The van der Waals surface area contributed by atoms with E-state index < -0.39 is 41.7 Å². The highest BCUT2D eigenvalue weighted by Gasteiger charge is 2.31. The van der Waals surface area contributed by atoms with Crippen LogP contribution in [0.5, 0.6) is 0 Å². The quantitative estimate of drug-likeness (QED) is 0.547. The fraction of sp³-hybridized carbons (Fsp3) is 0.526. The number of esters is 1. The number of carbonyl (C=O) groups excluding carboxylic acids is 3. The van der Waals surface area contributed by atoms with Gasteiger partial charge in [0.15, 0.2) is 5.78 Å². The van der Waals surface area contributed by atoms with E-state index in [2.05, 4.69) is 0 Å². The zero-order valence-corrected chi connectivity index (χ0v) is 15.9. The first-order valence-electron chi connectivity index (χ1n) is 8.42. The minimum Gasteiger partial charge on any atom is -0.466 e. The molecule has 0 unspecified atom stereocenters. The Hall–Kier alpha value is -2.44. The number of hydrogen-bond acceptors (Lipinski definition) is 5. The number of ether oxygens (including phenoxy) is 2. The van der Waals surface area contributed by atoms with Crippen LogP contribution in [0.3, 0.4) is 0 Å². The summed E-state index contributed by atoms with van der Waals surface area (Å²) in [6.45, 7) is 6.96. The second kappa shape index (κ2) is 9.31. The number of rotatable bonds is 7. The van der Waals surface area contributed by atoms with Crippen molar-refractivity contribution in [3.8, 4) is 0 Å². The normalized spacial score (nSPS) is 12.2. The van der Waals surface area contributed by atoms with Crippen LogP contribution in [-0.2, 0) is 25.5 Å². The van der Waals surface area contributed by atoms with E-state index >= 15 is 0 Å². The zero-order chi connectivity index (χ0) is 19.9. The summed E-state index contributed by atoms with van der Waals surface area (Å²) in [6.07, 6.45) is -0.997. The number of Topliss-reactive ketones (excluding diaryl/α,β-unsaturated/α-hetero) is 1. The van der Waals surface area contributed by atoms with Crippen molar-refractivity contribution in [3.63, 3.8) is 0 Å². The first kappa shape index (κ1) is 21.6. The molecule has 144 valence electrons. The summed E-state index contributed by atoms with van der Waals surface area (Å²) in [4.78, 5) is 37.7. The minimum absolute atomic E-state index is 0.133. The van der Waals surface area contributed by atoms with E-state index in [4.69, 9.17) is 9.47 Å². The molecular formula is C19H26FNO5. The maximum atomic E-state index is 13.1. The van der Waals surface area contributed by atoms with Gasteiger partial charge in [0.25, 0.3) is 0 Å². The van der Waals surface area contributed by atoms with Crippen LogP contribution in [0.4, 0.5) is 9.18 Å². The van der Waals surface area contributed by atoms with Gasteiger partial charge in [-0.15, -0.1) is 0 Å². The summed E-state index contributed by atoms with van der Waals surface area (Å²) in [5, 5.41) is 0. The van der Waals surface area contributed by atoms with Crippen molar-refractivity contribution in [2.24, 2.45) is 0 Å². The Kier molecular flexibility index (Phi) is 7.74. The molecule has 0 aromatic heterocycles. The number of amides is 1. The highest BCUT2D eigenvalue weighted by Crippen LogP contribution is 2.16. The maximum Gasteiger partial charge on any atom is 0.410 e. The number of ketones is 1. The van der Waals surface area contributed by atoms with Crippen LogP contribution < -0.4 is 0 Å². The average molecular weight is 367 g/mol. The third kappa shape index (κ3) is 7.21. The summed E-state index contributed by atoms with van der Waals surface area (Å²) in [5.41, 5.74) is -0.0697. The molecule has 6 nitrogen and oxygen atoms in total. The van der Waals surface area contributed by atoms with E-state index in [0.29, 0.717) is 5.56 Å². The maximum absolute atomic E-state index is 13.1. The molecule has 0 saturated carbocycles. The Morgan fingerprint density at radius 2 is 1.73 bits per heavy atom. The van der Waals surface area contributed by atoms with Crippen LogP contribution in [0, 0.1) is 5.82 Å². The molecule has 1 aromatic rings. The Morgan fingerprint density at radius 3 is 2.23 bits per heavy atom. The van der Waals surface area contributed by atoms with Gasteiger partial charge in [-0.05, 0) is 45.4 Å². The highest BCUT2D eigenvalue weighted by atomic mass is 19.1. The van der Waals surface area contributed by atoms with Gasteiger partial charge in [-0.3, -0.25) is 9.59 Å². The molecule has 26 heavy (non-hydrogen) atoms. The van der Waals surface area contributed by atoms with Gasteiger partial charge in [0, 0.05) is 13.5 Å². The average Bonchev–Trinajstić information content (AvgIpc) is 2.52. The highest BCUT2D eigenvalue weighted by molar-refractivity contribution is 5.99. The van der Waals surface area contributed by atoms with Crippen molar-refractivity contribution >= 4 is 17.8 Å². The summed E-state index contributed by atoms with van der Waals surface area (Å²) >= 11 is 0. The predicted molar refractivity (Wildman–Crippen MR) is 94.1 cm³/mol. The van der Waals surface area contributed by atoms with Gasteiger partial charge in [-0.25, -0.2) is 9.18 Å². The van der Waals surface area contributed by atoms with E-state index in [1.165, 1.54) is 31.3 Å². The summed E-state index contributed by atoms with van der Waals surface area (Å²) in [5.74, 6) is -1.52. The second-order valence-corrected chi connectivity index (χ2v) is 6.89. The van der Waals surface area contributed by atoms with E-state index in [0.717, 1.165) is 4.90 Å². The molecule has 0 aliphatic heterocycles.